The van der Waals surface area contributed by atoms with Gasteiger partial charge in [0.15, 0.2) is 5.82 Å². The molecule has 0 atom stereocenters. The van der Waals surface area contributed by atoms with Crippen LogP contribution in [-0.2, 0) is 17.9 Å². The van der Waals surface area contributed by atoms with E-state index in [1.54, 1.807) is 14.2 Å². The Bertz CT molecular complexity index is 711. The van der Waals surface area contributed by atoms with Crippen molar-refractivity contribution >= 4 is 36.6 Å². The van der Waals surface area contributed by atoms with E-state index < -0.39 is 0 Å². The van der Waals surface area contributed by atoms with Crippen LogP contribution >= 0.6 is 24.8 Å². The van der Waals surface area contributed by atoms with Crippen molar-refractivity contribution in [2.45, 2.75) is 38.0 Å². The van der Waals surface area contributed by atoms with E-state index in [0.717, 1.165) is 29.9 Å². The van der Waals surface area contributed by atoms with Gasteiger partial charge in [0.2, 0.25) is 5.95 Å². The minimum absolute atomic E-state index is 0. The van der Waals surface area contributed by atoms with Crippen LogP contribution in [0.1, 0.15) is 35.8 Å². The highest BCUT2D eigenvalue weighted by molar-refractivity contribution is 5.85. The fourth-order valence-electron chi connectivity index (χ4n) is 2.93. The highest BCUT2D eigenvalue weighted by atomic mass is 35.5. The minimum Gasteiger partial charge on any atom is -0.377 e. The lowest BCUT2D eigenvalue weighted by Crippen LogP contribution is -2.35. The highest BCUT2D eigenvalue weighted by Crippen LogP contribution is 2.35. The SMILES string of the molecule is CNc1ncc(CN(C)c2cc(C3CC(N)C3)nc(COC)n2)cn1.Cl.Cl. The Kier molecular flexibility index (Phi) is 9.11. The van der Waals surface area contributed by atoms with Crippen LogP contribution in [-0.4, -0.2) is 47.2 Å². The van der Waals surface area contributed by atoms with Gasteiger partial charge in [0.25, 0.3) is 0 Å². The predicted octanol–water partition coefficient (Wildman–Crippen LogP) is 2.14. The van der Waals surface area contributed by atoms with E-state index >= 15 is 0 Å². The molecule has 0 unspecified atom stereocenters. The fourth-order valence-corrected chi connectivity index (χ4v) is 2.93. The van der Waals surface area contributed by atoms with E-state index in [1.165, 1.54) is 0 Å². The molecule has 1 aliphatic carbocycles. The molecule has 1 saturated carbocycles. The van der Waals surface area contributed by atoms with Gasteiger partial charge in [-0.1, -0.05) is 0 Å². The molecule has 3 N–H and O–H groups in total. The molecule has 1 aliphatic rings. The lowest BCUT2D eigenvalue weighted by molar-refractivity contribution is 0.177. The third-order valence-corrected chi connectivity index (χ3v) is 4.38. The fraction of sp³-hybridized carbons (Fsp3) is 0.529. The molecule has 0 radical (unpaired) electrons. The number of hydrogen-bond acceptors (Lipinski definition) is 8. The quantitative estimate of drug-likeness (QED) is 0.708. The second kappa shape index (κ2) is 10.6. The summed E-state index contributed by atoms with van der Waals surface area (Å²) < 4.78 is 5.22. The van der Waals surface area contributed by atoms with Crippen molar-refractivity contribution in [3.63, 3.8) is 0 Å². The number of methoxy groups -OCH3 is 1. The molecule has 0 spiro atoms. The van der Waals surface area contributed by atoms with Gasteiger partial charge in [-0.05, 0) is 12.8 Å². The van der Waals surface area contributed by atoms with Gasteiger partial charge >= 0.3 is 0 Å². The third-order valence-electron chi connectivity index (χ3n) is 4.38. The van der Waals surface area contributed by atoms with Gasteiger partial charge in [0.05, 0.1) is 0 Å². The summed E-state index contributed by atoms with van der Waals surface area (Å²) in [7, 11) is 5.45. The van der Waals surface area contributed by atoms with Crippen LogP contribution in [0.4, 0.5) is 11.8 Å². The summed E-state index contributed by atoms with van der Waals surface area (Å²) in [6, 6.07) is 2.34. The zero-order valence-electron chi connectivity index (χ0n) is 15.8. The first-order chi connectivity index (χ1) is 12.1. The third kappa shape index (κ3) is 5.87. The van der Waals surface area contributed by atoms with E-state index in [0.29, 0.717) is 30.8 Å². The molecule has 0 amide bonds. The molecule has 2 aromatic rings. The summed E-state index contributed by atoms with van der Waals surface area (Å²) in [6.07, 6.45) is 5.59. The Morgan fingerprint density at radius 2 is 1.89 bits per heavy atom. The largest absolute Gasteiger partial charge is 0.377 e. The van der Waals surface area contributed by atoms with E-state index in [4.69, 9.17) is 10.5 Å². The Morgan fingerprint density at radius 3 is 2.44 bits per heavy atom. The topological polar surface area (TPSA) is 102 Å². The summed E-state index contributed by atoms with van der Waals surface area (Å²) in [6.45, 7) is 1.06. The van der Waals surface area contributed by atoms with E-state index in [9.17, 15) is 0 Å². The van der Waals surface area contributed by atoms with E-state index in [2.05, 4.69) is 36.2 Å². The standard InChI is InChI=1S/C17H25N7O.2ClH/c1-19-17-20-7-11(8-21-17)9-24(2)16-6-14(12-4-13(18)5-12)22-15(23-16)10-25-3;;/h6-8,12-13H,4-5,9-10,18H2,1-3H3,(H,19,20,21);2*1H. The molecule has 27 heavy (non-hydrogen) atoms. The number of ether oxygens (including phenoxy) is 1. The van der Waals surface area contributed by atoms with Crippen LogP contribution in [0.25, 0.3) is 0 Å². The lowest BCUT2D eigenvalue weighted by atomic mass is 9.78. The molecule has 0 aromatic carbocycles. The number of rotatable bonds is 7. The van der Waals surface area contributed by atoms with Gasteiger partial charge in [0.1, 0.15) is 12.4 Å². The van der Waals surface area contributed by atoms with Crippen molar-refractivity contribution < 1.29 is 4.74 Å². The maximum Gasteiger partial charge on any atom is 0.222 e. The Labute approximate surface area is 172 Å². The maximum atomic E-state index is 5.93. The van der Waals surface area contributed by atoms with Gasteiger partial charge in [0, 0.05) is 69.4 Å². The van der Waals surface area contributed by atoms with Crippen LogP contribution in [0.2, 0.25) is 0 Å². The second-order valence-corrected chi connectivity index (χ2v) is 6.45. The first-order valence-electron chi connectivity index (χ1n) is 8.41. The number of hydrogen-bond donors (Lipinski definition) is 2. The first kappa shape index (κ1) is 23.3. The summed E-state index contributed by atoms with van der Waals surface area (Å²) in [5.41, 5.74) is 7.99. The molecule has 2 heterocycles. The van der Waals surface area contributed by atoms with Crippen LogP contribution in [0.15, 0.2) is 18.5 Å². The van der Waals surface area contributed by atoms with Crippen LogP contribution in [0.5, 0.6) is 0 Å². The number of halogens is 2. The molecule has 3 rings (SSSR count). The van der Waals surface area contributed by atoms with Gasteiger partial charge < -0.3 is 20.7 Å². The molecular weight excluding hydrogens is 389 g/mol. The molecule has 2 aromatic heterocycles. The molecule has 0 saturated heterocycles. The summed E-state index contributed by atoms with van der Waals surface area (Å²) in [5.74, 6) is 2.60. The van der Waals surface area contributed by atoms with Crippen molar-refractivity contribution in [3.05, 3.63) is 35.5 Å². The van der Waals surface area contributed by atoms with E-state index in [-0.39, 0.29) is 30.9 Å². The molecule has 0 bridgehead atoms. The minimum atomic E-state index is 0. The van der Waals surface area contributed by atoms with Crippen molar-refractivity contribution in [3.8, 4) is 0 Å². The molecule has 0 aliphatic heterocycles. The second-order valence-electron chi connectivity index (χ2n) is 6.45. The Hall–Kier alpha value is -1.74. The molecular formula is C17H27Cl2N7O. The number of nitrogens with two attached hydrogens (primary N) is 1. The number of aromatic nitrogens is 4. The van der Waals surface area contributed by atoms with Crippen molar-refractivity contribution in [1.29, 1.82) is 0 Å². The maximum absolute atomic E-state index is 5.93. The highest BCUT2D eigenvalue weighted by Gasteiger charge is 2.29. The van der Waals surface area contributed by atoms with E-state index in [1.807, 2.05) is 19.4 Å². The van der Waals surface area contributed by atoms with Crippen molar-refractivity contribution in [1.82, 2.24) is 19.9 Å². The smallest absolute Gasteiger partial charge is 0.222 e. The average Bonchev–Trinajstić information content (AvgIpc) is 2.59. The molecule has 150 valence electrons. The Morgan fingerprint density at radius 1 is 1.22 bits per heavy atom. The monoisotopic (exact) mass is 415 g/mol. The van der Waals surface area contributed by atoms with Crippen LogP contribution < -0.4 is 16.0 Å². The first-order valence-corrected chi connectivity index (χ1v) is 8.41. The Balaban J connectivity index is 0.00000182. The van der Waals surface area contributed by atoms with Crippen molar-refractivity contribution in [2.75, 3.05) is 31.4 Å². The van der Waals surface area contributed by atoms with Crippen LogP contribution in [0.3, 0.4) is 0 Å². The zero-order chi connectivity index (χ0) is 17.8. The molecule has 8 nitrogen and oxygen atoms in total. The molecule has 10 heteroatoms. The van der Waals surface area contributed by atoms with Gasteiger partial charge in [-0.15, -0.1) is 24.8 Å². The molecule has 1 fully saturated rings. The summed E-state index contributed by atoms with van der Waals surface area (Å²) >= 11 is 0. The van der Waals surface area contributed by atoms with Gasteiger partial charge in [-0.3, -0.25) is 0 Å². The lowest BCUT2D eigenvalue weighted by Gasteiger charge is -2.32. The number of nitrogens with one attached hydrogen (secondary N) is 1. The number of anilines is 2. The predicted molar refractivity (Wildman–Crippen MR) is 111 cm³/mol. The zero-order valence-corrected chi connectivity index (χ0v) is 17.4. The van der Waals surface area contributed by atoms with Gasteiger partial charge in [-0.2, -0.15) is 0 Å². The van der Waals surface area contributed by atoms with Gasteiger partial charge in [-0.25, -0.2) is 19.9 Å². The average molecular weight is 416 g/mol. The number of nitrogens with zero attached hydrogens (tertiary/aromatic N) is 5. The normalized spacial score (nSPS) is 17.9. The summed E-state index contributed by atoms with van der Waals surface area (Å²) in [5, 5.41) is 2.92. The van der Waals surface area contributed by atoms with Crippen LogP contribution in [0, 0.1) is 0 Å². The van der Waals surface area contributed by atoms with Crippen molar-refractivity contribution in [2.24, 2.45) is 5.73 Å². The summed E-state index contributed by atoms with van der Waals surface area (Å²) in [4.78, 5) is 19.8.